The van der Waals surface area contributed by atoms with Crippen molar-refractivity contribution in [1.29, 1.82) is 0 Å². The molecule has 1 aromatic rings. The molecule has 1 aliphatic rings. The molecule has 1 aromatic carbocycles. The number of nitrogens with one attached hydrogen (secondary N) is 1. The summed E-state index contributed by atoms with van der Waals surface area (Å²) in [5.41, 5.74) is 3.02. The second kappa shape index (κ2) is 7.66. The summed E-state index contributed by atoms with van der Waals surface area (Å²) in [4.78, 5) is 2.53. The molecule has 0 aliphatic heterocycles. The molecule has 2 rings (SSSR count). The van der Waals surface area contributed by atoms with Crippen molar-refractivity contribution >= 4 is 0 Å². The number of nitrogens with zero attached hydrogens (tertiary/aromatic N) is 1. The molecule has 0 amide bonds. The molecular weight excluding hydrogens is 232 g/mol. The molecule has 19 heavy (non-hydrogen) atoms. The highest BCUT2D eigenvalue weighted by Crippen LogP contribution is 2.25. The lowest BCUT2D eigenvalue weighted by atomic mass is 9.91. The van der Waals surface area contributed by atoms with Gasteiger partial charge in [0.15, 0.2) is 0 Å². The Morgan fingerprint density at radius 3 is 2.53 bits per heavy atom. The summed E-state index contributed by atoms with van der Waals surface area (Å²) in [6, 6.07) is 9.75. The minimum atomic E-state index is 0.825. The van der Waals surface area contributed by atoms with Crippen molar-refractivity contribution in [3.63, 3.8) is 0 Å². The fraction of sp³-hybridized carbons (Fsp3) is 0.647. The van der Waals surface area contributed by atoms with Crippen molar-refractivity contribution < 1.29 is 0 Å². The number of hydrogen-bond donors (Lipinski definition) is 1. The van der Waals surface area contributed by atoms with Gasteiger partial charge in [-0.25, -0.2) is 0 Å². The van der Waals surface area contributed by atoms with Crippen molar-refractivity contribution in [2.75, 3.05) is 20.1 Å². The third-order valence-corrected chi connectivity index (χ3v) is 4.23. The van der Waals surface area contributed by atoms with Gasteiger partial charge in [0.05, 0.1) is 0 Å². The zero-order valence-corrected chi connectivity index (χ0v) is 12.5. The van der Waals surface area contributed by atoms with Gasteiger partial charge in [-0.15, -0.1) is 0 Å². The summed E-state index contributed by atoms with van der Waals surface area (Å²) in [6.07, 6.45) is 6.55. The number of hydrogen-bond acceptors (Lipinski definition) is 2. The molecule has 1 fully saturated rings. The molecule has 2 heteroatoms. The second-order valence-corrected chi connectivity index (χ2v) is 5.77. The Morgan fingerprint density at radius 2 is 1.89 bits per heavy atom. The first kappa shape index (κ1) is 14.5. The van der Waals surface area contributed by atoms with Crippen LogP contribution in [-0.4, -0.2) is 31.1 Å². The van der Waals surface area contributed by atoms with Gasteiger partial charge in [0.2, 0.25) is 0 Å². The Bertz CT molecular complexity index is 371. The molecule has 0 atom stereocenters. The van der Waals surface area contributed by atoms with Gasteiger partial charge in [-0.3, -0.25) is 4.90 Å². The monoisotopic (exact) mass is 260 g/mol. The van der Waals surface area contributed by atoms with E-state index in [1.165, 1.54) is 36.8 Å². The minimum absolute atomic E-state index is 0.825. The normalized spacial score (nSPS) is 15.7. The largest absolute Gasteiger partial charge is 0.316 e. The third-order valence-electron chi connectivity index (χ3n) is 4.23. The van der Waals surface area contributed by atoms with Crippen LogP contribution in [0.4, 0.5) is 0 Å². The van der Waals surface area contributed by atoms with Gasteiger partial charge < -0.3 is 5.32 Å². The summed E-state index contributed by atoms with van der Waals surface area (Å²) in [6.45, 7) is 5.55. The first-order chi connectivity index (χ1) is 9.31. The van der Waals surface area contributed by atoms with Crippen LogP contribution in [0.1, 0.15) is 43.7 Å². The predicted octanol–water partition coefficient (Wildman–Crippen LogP) is 3.21. The van der Waals surface area contributed by atoms with Crippen molar-refractivity contribution in [2.45, 2.75) is 51.6 Å². The van der Waals surface area contributed by atoms with E-state index in [-0.39, 0.29) is 0 Å². The van der Waals surface area contributed by atoms with Gasteiger partial charge in [-0.05, 0) is 56.9 Å². The molecule has 0 bridgehead atoms. The van der Waals surface area contributed by atoms with E-state index in [1.54, 1.807) is 0 Å². The van der Waals surface area contributed by atoms with Crippen molar-refractivity contribution in [3.05, 3.63) is 35.4 Å². The summed E-state index contributed by atoms with van der Waals surface area (Å²) < 4.78 is 0. The van der Waals surface area contributed by atoms with E-state index in [0.717, 1.165) is 32.1 Å². The fourth-order valence-corrected chi connectivity index (χ4v) is 2.71. The van der Waals surface area contributed by atoms with Gasteiger partial charge in [0.25, 0.3) is 0 Å². The molecule has 1 saturated carbocycles. The average molecular weight is 260 g/mol. The van der Waals surface area contributed by atoms with E-state index < -0.39 is 0 Å². The van der Waals surface area contributed by atoms with Crippen LogP contribution in [0, 0.1) is 0 Å². The smallest absolute Gasteiger partial charge is 0.0236 e. The van der Waals surface area contributed by atoms with Crippen molar-refractivity contribution in [1.82, 2.24) is 10.2 Å². The summed E-state index contributed by atoms with van der Waals surface area (Å²) in [5, 5.41) is 3.50. The Labute approximate surface area is 118 Å². The van der Waals surface area contributed by atoms with Crippen LogP contribution >= 0.6 is 0 Å². The topological polar surface area (TPSA) is 15.3 Å². The lowest BCUT2D eigenvalue weighted by Gasteiger charge is -2.35. The van der Waals surface area contributed by atoms with Gasteiger partial charge in [0, 0.05) is 12.6 Å². The molecule has 0 radical (unpaired) electrons. The van der Waals surface area contributed by atoms with E-state index in [9.17, 15) is 0 Å². The number of rotatable bonds is 8. The quantitative estimate of drug-likeness (QED) is 0.722. The molecule has 1 N–H and O–H groups in total. The van der Waals surface area contributed by atoms with Crippen molar-refractivity contribution in [3.8, 4) is 0 Å². The average Bonchev–Trinajstić information content (AvgIpc) is 2.34. The zero-order chi connectivity index (χ0) is 13.5. The summed E-state index contributed by atoms with van der Waals surface area (Å²) >= 11 is 0. The third kappa shape index (κ3) is 4.32. The van der Waals surface area contributed by atoms with Crippen LogP contribution in [-0.2, 0) is 13.0 Å². The molecule has 0 unspecified atom stereocenters. The van der Waals surface area contributed by atoms with Crippen LogP contribution in [0.5, 0.6) is 0 Å². The molecule has 0 heterocycles. The van der Waals surface area contributed by atoms with Gasteiger partial charge in [-0.2, -0.15) is 0 Å². The second-order valence-electron chi connectivity index (χ2n) is 5.77. The van der Waals surface area contributed by atoms with Crippen LogP contribution in [0.15, 0.2) is 24.3 Å². The molecule has 0 aromatic heterocycles. The van der Waals surface area contributed by atoms with E-state index in [1.807, 2.05) is 0 Å². The van der Waals surface area contributed by atoms with Crippen LogP contribution < -0.4 is 5.32 Å². The molecule has 0 saturated heterocycles. The van der Waals surface area contributed by atoms with E-state index in [0.29, 0.717) is 0 Å². The van der Waals surface area contributed by atoms with Crippen LogP contribution in [0.25, 0.3) is 0 Å². The standard InChI is InChI=1S/C17H28N2/c1-3-12-18-13-11-15-7-4-5-8-16(15)14-19(2)17-9-6-10-17/h4-5,7-8,17-18H,3,6,9-14H2,1-2H3. The van der Waals surface area contributed by atoms with Crippen molar-refractivity contribution in [2.24, 2.45) is 0 Å². The summed E-state index contributed by atoms with van der Waals surface area (Å²) in [7, 11) is 2.27. The molecular formula is C17H28N2. The van der Waals surface area contributed by atoms with Crippen LogP contribution in [0.3, 0.4) is 0 Å². The number of benzene rings is 1. The lowest BCUT2D eigenvalue weighted by Crippen LogP contribution is -2.36. The highest BCUT2D eigenvalue weighted by molar-refractivity contribution is 5.27. The zero-order valence-electron chi connectivity index (χ0n) is 12.5. The maximum atomic E-state index is 3.50. The van der Waals surface area contributed by atoms with Crippen LogP contribution in [0.2, 0.25) is 0 Å². The Hall–Kier alpha value is -0.860. The SMILES string of the molecule is CCCNCCc1ccccc1CN(C)C1CCC1. The molecule has 1 aliphatic carbocycles. The van der Waals surface area contributed by atoms with E-state index in [4.69, 9.17) is 0 Å². The minimum Gasteiger partial charge on any atom is -0.316 e. The van der Waals surface area contributed by atoms with E-state index in [2.05, 4.69) is 48.5 Å². The lowest BCUT2D eigenvalue weighted by molar-refractivity contribution is 0.152. The molecule has 2 nitrogen and oxygen atoms in total. The maximum absolute atomic E-state index is 3.50. The summed E-state index contributed by atoms with van der Waals surface area (Å²) in [5.74, 6) is 0. The highest BCUT2D eigenvalue weighted by atomic mass is 15.1. The highest BCUT2D eigenvalue weighted by Gasteiger charge is 2.22. The maximum Gasteiger partial charge on any atom is 0.0236 e. The first-order valence-electron chi connectivity index (χ1n) is 7.79. The molecule has 106 valence electrons. The fourth-order valence-electron chi connectivity index (χ4n) is 2.71. The molecule has 0 spiro atoms. The Morgan fingerprint density at radius 1 is 1.16 bits per heavy atom. The van der Waals surface area contributed by atoms with Gasteiger partial charge >= 0.3 is 0 Å². The van der Waals surface area contributed by atoms with E-state index >= 15 is 0 Å². The Balaban J connectivity index is 1.87. The van der Waals surface area contributed by atoms with Gasteiger partial charge in [-0.1, -0.05) is 37.6 Å². The first-order valence-corrected chi connectivity index (χ1v) is 7.79. The van der Waals surface area contributed by atoms with Gasteiger partial charge in [0.1, 0.15) is 0 Å². The predicted molar refractivity (Wildman–Crippen MR) is 82.4 cm³/mol. The Kier molecular flexibility index (Phi) is 5.87.